The smallest absolute Gasteiger partial charge is 0.338 e. The van der Waals surface area contributed by atoms with E-state index < -0.39 is 24.5 Å². The minimum Gasteiger partial charge on any atom is -0.459 e. The fraction of sp³-hybridized carbons (Fsp3) is 0.286. The first-order chi connectivity index (χ1) is 13.3. The molecule has 0 aliphatic carbocycles. The lowest BCUT2D eigenvalue weighted by Crippen LogP contribution is -2.21. The number of nitrogens with one attached hydrogen (secondary N) is 1. The van der Waals surface area contributed by atoms with E-state index in [4.69, 9.17) is 9.47 Å². The third kappa shape index (κ3) is 7.19. The number of esters is 2. The molecule has 2 aromatic rings. The van der Waals surface area contributed by atoms with Crippen molar-refractivity contribution in [2.45, 2.75) is 32.8 Å². The fourth-order valence-corrected chi connectivity index (χ4v) is 2.28. The molecule has 0 unspecified atom stereocenters. The zero-order chi connectivity index (χ0) is 20.5. The molecule has 0 heterocycles. The predicted octanol–water partition coefficient (Wildman–Crippen LogP) is 3.51. The van der Waals surface area contributed by atoms with Crippen molar-refractivity contribution in [3.05, 3.63) is 65.5 Å². The molecule has 28 heavy (non-hydrogen) atoms. The van der Waals surface area contributed by atoms with E-state index in [1.165, 1.54) is 24.3 Å². The molecule has 0 aliphatic rings. The summed E-state index contributed by atoms with van der Waals surface area (Å²) in [5.74, 6) is -1.80. The lowest BCUT2D eigenvalue weighted by molar-refractivity contribution is -0.147. The first kappa shape index (κ1) is 21.1. The Kier molecular flexibility index (Phi) is 7.68. The molecule has 1 amide bonds. The second-order valence-corrected chi connectivity index (χ2v) is 6.37. The van der Waals surface area contributed by atoms with E-state index in [1.807, 2.05) is 0 Å². The monoisotopic (exact) mass is 387 g/mol. The number of anilines is 1. The zero-order valence-electron chi connectivity index (χ0n) is 15.7. The first-order valence-electron chi connectivity index (χ1n) is 8.84. The number of hydrogen-bond donors (Lipinski definition) is 1. The molecule has 1 N–H and O–H groups in total. The maximum Gasteiger partial charge on any atom is 0.338 e. The van der Waals surface area contributed by atoms with Gasteiger partial charge in [0.15, 0.2) is 6.61 Å². The highest BCUT2D eigenvalue weighted by atomic mass is 19.1. The van der Waals surface area contributed by atoms with E-state index in [2.05, 4.69) is 5.32 Å². The summed E-state index contributed by atoms with van der Waals surface area (Å²) in [4.78, 5) is 35.4. The van der Waals surface area contributed by atoms with Crippen LogP contribution >= 0.6 is 0 Å². The summed E-state index contributed by atoms with van der Waals surface area (Å²) in [6.07, 6.45) is 0.268. The lowest BCUT2D eigenvalue weighted by atomic mass is 10.1. The van der Waals surface area contributed by atoms with E-state index in [-0.39, 0.29) is 18.3 Å². The second kappa shape index (κ2) is 10.2. The van der Waals surface area contributed by atoms with Crippen LogP contribution in [-0.2, 0) is 25.5 Å². The van der Waals surface area contributed by atoms with E-state index in [0.29, 0.717) is 17.7 Å². The molecule has 0 bridgehead atoms. The number of amides is 1. The first-order valence-corrected chi connectivity index (χ1v) is 8.84. The van der Waals surface area contributed by atoms with Crippen molar-refractivity contribution in [3.8, 4) is 0 Å². The topological polar surface area (TPSA) is 81.7 Å². The largest absolute Gasteiger partial charge is 0.459 e. The third-order valence-electron chi connectivity index (χ3n) is 3.64. The normalized spacial score (nSPS) is 10.4. The zero-order valence-corrected chi connectivity index (χ0v) is 15.7. The summed E-state index contributed by atoms with van der Waals surface area (Å²) in [6, 6.07) is 12.0. The molecule has 0 spiro atoms. The van der Waals surface area contributed by atoms with Gasteiger partial charge in [0.1, 0.15) is 5.82 Å². The molecule has 0 radical (unpaired) electrons. The van der Waals surface area contributed by atoms with Gasteiger partial charge in [0, 0.05) is 12.1 Å². The van der Waals surface area contributed by atoms with Crippen molar-refractivity contribution >= 4 is 23.5 Å². The van der Waals surface area contributed by atoms with Crippen LogP contribution in [0.5, 0.6) is 0 Å². The van der Waals surface area contributed by atoms with E-state index in [0.717, 1.165) is 5.56 Å². The average Bonchev–Trinajstić information content (AvgIpc) is 2.66. The Morgan fingerprint density at radius 2 is 1.64 bits per heavy atom. The number of ether oxygens (including phenoxy) is 2. The average molecular weight is 387 g/mol. The number of benzene rings is 2. The van der Waals surface area contributed by atoms with Gasteiger partial charge in [-0.15, -0.1) is 0 Å². The molecule has 0 saturated heterocycles. The third-order valence-corrected chi connectivity index (χ3v) is 3.64. The second-order valence-electron chi connectivity index (χ2n) is 6.37. The van der Waals surface area contributed by atoms with Crippen molar-refractivity contribution in [2.24, 2.45) is 0 Å². The van der Waals surface area contributed by atoms with E-state index in [1.54, 1.807) is 38.1 Å². The van der Waals surface area contributed by atoms with Gasteiger partial charge in [-0.2, -0.15) is 0 Å². The molecule has 148 valence electrons. The van der Waals surface area contributed by atoms with Gasteiger partial charge >= 0.3 is 11.9 Å². The fourth-order valence-electron chi connectivity index (χ4n) is 2.28. The van der Waals surface area contributed by atoms with E-state index in [9.17, 15) is 18.8 Å². The molecular formula is C21H22FNO5. The van der Waals surface area contributed by atoms with Crippen LogP contribution in [0.1, 0.15) is 36.2 Å². The van der Waals surface area contributed by atoms with Gasteiger partial charge < -0.3 is 14.8 Å². The number of hydrogen-bond acceptors (Lipinski definition) is 5. The molecular weight excluding hydrogens is 365 g/mol. The van der Waals surface area contributed by atoms with Gasteiger partial charge in [-0.05, 0) is 62.2 Å². The number of carbonyl (C=O) groups excluding carboxylic acids is 3. The highest BCUT2D eigenvalue weighted by molar-refractivity contribution is 5.94. The Bertz CT molecular complexity index is 816. The predicted molar refractivity (Wildman–Crippen MR) is 101 cm³/mol. The van der Waals surface area contributed by atoms with Crippen LogP contribution in [0.3, 0.4) is 0 Å². The SMILES string of the molecule is CC(C)OC(=O)c1ccc(NC(=O)COC(=O)CCc2ccc(F)cc2)cc1. The molecule has 0 saturated carbocycles. The van der Waals surface area contributed by atoms with Crippen LogP contribution in [0, 0.1) is 5.82 Å². The molecule has 6 nitrogen and oxygen atoms in total. The number of carbonyl (C=O) groups is 3. The van der Waals surface area contributed by atoms with Crippen molar-refractivity contribution < 1.29 is 28.2 Å². The van der Waals surface area contributed by atoms with Crippen molar-refractivity contribution in [3.63, 3.8) is 0 Å². The van der Waals surface area contributed by atoms with Crippen LogP contribution in [0.25, 0.3) is 0 Å². The Labute approximate surface area is 162 Å². The minimum absolute atomic E-state index is 0.0889. The summed E-state index contributed by atoms with van der Waals surface area (Å²) < 4.78 is 22.8. The molecule has 2 aromatic carbocycles. The Morgan fingerprint density at radius 3 is 2.25 bits per heavy atom. The molecule has 0 aromatic heterocycles. The van der Waals surface area contributed by atoms with Gasteiger partial charge in [0.25, 0.3) is 5.91 Å². The minimum atomic E-state index is -0.522. The summed E-state index contributed by atoms with van der Waals surface area (Å²) in [5, 5.41) is 2.57. The van der Waals surface area contributed by atoms with Gasteiger partial charge in [-0.25, -0.2) is 9.18 Å². The van der Waals surface area contributed by atoms with Crippen LogP contribution in [0.15, 0.2) is 48.5 Å². The van der Waals surface area contributed by atoms with E-state index >= 15 is 0 Å². The number of aryl methyl sites for hydroxylation is 1. The highest BCUT2D eigenvalue weighted by Crippen LogP contribution is 2.11. The summed E-state index contributed by atoms with van der Waals surface area (Å²) in [5.41, 5.74) is 1.64. The van der Waals surface area contributed by atoms with Crippen LogP contribution in [-0.4, -0.2) is 30.6 Å². The highest BCUT2D eigenvalue weighted by Gasteiger charge is 2.11. The molecule has 2 rings (SSSR count). The molecule has 0 fully saturated rings. The standard InChI is InChI=1S/C21H22FNO5/c1-14(2)28-21(26)16-6-10-18(11-7-16)23-19(24)13-27-20(25)12-5-15-3-8-17(22)9-4-15/h3-4,6-11,14H,5,12-13H2,1-2H3,(H,23,24). The summed E-state index contributed by atoms with van der Waals surface area (Å²) in [6.45, 7) is 3.10. The van der Waals surface area contributed by atoms with Crippen LogP contribution < -0.4 is 5.32 Å². The Balaban J connectivity index is 1.73. The quantitative estimate of drug-likeness (QED) is 0.701. The molecule has 0 aliphatic heterocycles. The molecule has 7 heteroatoms. The maximum atomic E-state index is 12.8. The van der Waals surface area contributed by atoms with Crippen molar-refractivity contribution in [1.29, 1.82) is 0 Å². The Hall–Kier alpha value is -3.22. The lowest BCUT2D eigenvalue weighted by Gasteiger charge is -2.09. The van der Waals surface area contributed by atoms with Crippen molar-refractivity contribution in [2.75, 3.05) is 11.9 Å². The summed E-state index contributed by atoms with van der Waals surface area (Å²) in [7, 11) is 0. The van der Waals surface area contributed by atoms with Gasteiger partial charge in [-0.1, -0.05) is 12.1 Å². The summed E-state index contributed by atoms with van der Waals surface area (Å²) >= 11 is 0. The van der Waals surface area contributed by atoms with Crippen LogP contribution in [0.4, 0.5) is 10.1 Å². The Morgan fingerprint density at radius 1 is 1.00 bits per heavy atom. The number of rotatable bonds is 8. The number of halogens is 1. The maximum absolute atomic E-state index is 12.8. The van der Waals surface area contributed by atoms with Crippen molar-refractivity contribution in [1.82, 2.24) is 0 Å². The van der Waals surface area contributed by atoms with Gasteiger partial charge in [-0.3, -0.25) is 9.59 Å². The van der Waals surface area contributed by atoms with Gasteiger partial charge in [0.05, 0.1) is 11.7 Å². The van der Waals surface area contributed by atoms with Crippen LogP contribution in [0.2, 0.25) is 0 Å². The molecule has 0 atom stereocenters. The van der Waals surface area contributed by atoms with Gasteiger partial charge in [0.2, 0.25) is 0 Å².